The average molecular weight is 273 g/mol. The Morgan fingerprint density at radius 1 is 1.21 bits per heavy atom. The predicted octanol–water partition coefficient (Wildman–Crippen LogP) is 3.83. The Morgan fingerprint density at radius 2 is 1.95 bits per heavy atom. The van der Waals surface area contributed by atoms with E-state index in [1.807, 2.05) is 24.3 Å². The third-order valence-electron chi connectivity index (χ3n) is 2.74. The van der Waals surface area contributed by atoms with E-state index >= 15 is 0 Å². The highest BCUT2D eigenvalue weighted by Crippen LogP contribution is 2.21. The summed E-state index contributed by atoms with van der Waals surface area (Å²) in [6.07, 6.45) is 0. The summed E-state index contributed by atoms with van der Waals surface area (Å²) < 4.78 is 5.10. The maximum absolute atomic E-state index is 9.03. The van der Waals surface area contributed by atoms with Gasteiger partial charge in [0, 0.05) is 11.6 Å². The molecule has 0 aliphatic carbocycles. The van der Waals surface area contributed by atoms with Gasteiger partial charge in [-0.25, -0.2) is 0 Å². The van der Waals surface area contributed by atoms with Gasteiger partial charge in [0.05, 0.1) is 18.4 Å². The van der Waals surface area contributed by atoms with E-state index in [0.29, 0.717) is 17.1 Å². The van der Waals surface area contributed by atoms with Gasteiger partial charge >= 0.3 is 0 Å². The van der Waals surface area contributed by atoms with Crippen molar-refractivity contribution in [3.05, 3.63) is 58.6 Å². The van der Waals surface area contributed by atoms with Crippen molar-refractivity contribution in [2.24, 2.45) is 0 Å². The summed E-state index contributed by atoms with van der Waals surface area (Å²) in [5.74, 6) is 0.823. The lowest BCUT2D eigenvalue weighted by atomic mass is 10.1. The first-order valence-corrected chi connectivity index (χ1v) is 6.17. The molecule has 96 valence electrons. The summed E-state index contributed by atoms with van der Waals surface area (Å²) in [6, 6.07) is 15.1. The van der Waals surface area contributed by atoms with E-state index in [1.165, 1.54) is 0 Å². The zero-order valence-corrected chi connectivity index (χ0v) is 11.2. The molecule has 4 heteroatoms. The predicted molar refractivity (Wildman–Crippen MR) is 76.5 cm³/mol. The van der Waals surface area contributed by atoms with E-state index in [9.17, 15) is 0 Å². The Bertz CT molecular complexity index is 603. The van der Waals surface area contributed by atoms with Gasteiger partial charge in [-0.3, -0.25) is 0 Å². The molecule has 0 aliphatic heterocycles. The number of hydrogen-bond acceptors (Lipinski definition) is 3. The lowest BCUT2D eigenvalue weighted by Gasteiger charge is -2.09. The van der Waals surface area contributed by atoms with Crippen molar-refractivity contribution in [2.45, 2.75) is 6.54 Å². The standard InChI is InChI=1S/C15H13ClN2O/c1-19-14-6-2-11(3-7-14)10-18-15-8-13(16)5-4-12(15)9-17/h2-8,18H,10H2,1H3. The SMILES string of the molecule is COc1ccc(CNc2cc(Cl)ccc2C#N)cc1. The van der Waals surface area contributed by atoms with Gasteiger partial charge in [0.1, 0.15) is 11.8 Å². The summed E-state index contributed by atoms with van der Waals surface area (Å²) in [5, 5.41) is 12.8. The molecule has 3 nitrogen and oxygen atoms in total. The molecule has 0 spiro atoms. The number of rotatable bonds is 4. The van der Waals surface area contributed by atoms with Crippen molar-refractivity contribution in [1.29, 1.82) is 5.26 Å². The molecule has 0 radical (unpaired) electrons. The molecule has 19 heavy (non-hydrogen) atoms. The number of hydrogen-bond donors (Lipinski definition) is 1. The molecular formula is C15H13ClN2O. The smallest absolute Gasteiger partial charge is 0.118 e. The molecule has 0 fully saturated rings. The van der Waals surface area contributed by atoms with E-state index in [4.69, 9.17) is 21.6 Å². The molecule has 0 amide bonds. The summed E-state index contributed by atoms with van der Waals surface area (Å²) >= 11 is 5.93. The highest BCUT2D eigenvalue weighted by Gasteiger charge is 2.02. The zero-order chi connectivity index (χ0) is 13.7. The molecule has 0 aliphatic rings. The van der Waals surface area contributed by atoms with Crippen LogP contribution in [0.15, 0.2) is 42.5 Å². The minimum atomic E-state index is 0.581. The van der Waals surface area contributed by atoms with Crippen molar-refractivity contribution in [3.8, 4) is 11.8 Å². The summed E-state index contributed by atoms with van der Waals surface area (Å²) in [7, 11) is 1.64. The largest absolute Gasteiger partial charge is 0.497 e. The number of nitriles is 1. The lowest BCUT2D eigenvalue weighted by Crippen LogP contribution is -2.01. The number of benzene rings is 2. The van der Waals surface area contributed by atoms with Crippen LogP contribution < -0.4 is 10.1 Å². The Balaban J connectivity index is 2.09. The van der Waals surface area contributed by atoms with Gasteiger partial charge in [-0.2, -0.15) is 5.26 Å². The molecule has 0 saturated carbocycles. The Labute approximate surface area is 117 Å². The molecule has 0 saturated heterocycles. The first-order chi connectivity index (χ1) is 9.22. The molecule has 2 aromatic carbocycles. The number of ether oxygens (including phenoxy) is 1. The van der Waals surface area contributed by atoms with Crippen LogP contribution in [-0.4, -0.2) is 7.11 Å². The fraction of sp³-hybridized carbons (Fsp3) is 0.133. The second-order valence-corrected chi connectivity index (χ2v) is 4.44. The Kier molecular flexibility index (Phi) is 4.27. The van der Waals surface area contributed by atoms with Crippen LogP contribution in [-0.2, 0) is 6.54 Å². The van der Waals surface area contributed by atoms with E-state index in [1.54, 1.807) is 25.3 Å². The normalized spacial score (nSPS) is 9.74. The maximum atomic E-state index is 9.03. The van der Waals surface area contributed by atoms with Crippen LogP contribution in [0.2, 0.25) is 5.02 Å². The van der Waals surface area contributed by atoms with E-state index in [2.05, 4.69) is 11.4 Å². The first-order valence-electron chi connectivity index (χ1n) is 5.79. The Morgan fingerprint density at radius 3 is 2.58 bits per heavy atom. The van der Waals surface area contributed by atoms with Crippen LogP contribution >= 0.6 is 11.6 Å². The summed E-state index contributed by atoms with van der Waals surface area (Å²) in [6.45, 7) is 0.624. The fourth-order valence-corrected chi connectivity index (χ4v) is 1.87. The van der Waals surface area contributed by atoms with Crippen LogP contribution in [0.5, 0.6) is 5.75 Å². The number of halogens is 1. The molecule has 0 unspecified atom stereocenters. The van der Waals surface area contributed by atoms with Crippen LogP contribution in [0, 0.1) is 11.3 Å². The third-order valence-corrected chi connectivity index (χ3v) is 2.98. The van der Waals surface area contributed by atoms with Gasteiger partial charge < -0.3 is 10.1 Å². The molecular weight excluding hydrogens is 260 g/mol. The summed E-state index contributed by atoms with van der Waals surface area (Å²) in [4.78, 5) is 0. The second kappa shape index (κ2) is 6.12. The maximum Gasteiger partial charge on any atom is 0.118 e. The van der Waals surface area contributed by atoms with Crippen molar-refractivity contribution >= 4 is 17.3 Å². The molecule has 0 bridgehead atoms. The average Bonchev–Trinajstić information content (AvgIpc) is 2.46. The topological polar surface area (TPSA) is 45.0 Å². The molecule has 0 aromatic heterocycles. The number of methoxy groups -OCH3 is 1. The van der Waals surface area contributed by atoms with Gasteiger partial charge in [-0.1, -0.05) is 23.7 Å². The van der Waals surface area contributed by atoms with Crippen molar-refractivity contribution in [2.75, 3.05) is 12.4 Å². The highest BCUT2D eigenvalue weighted by molar-refractivity contribution is 6.30. The van der Waals surface area contributed by atoms with Crippen LogP contribution in [0.1, 0.15) is 11.1 Å². The molecule has 1 N–H and O–H groups in total. The summed E-state index contributed by atoms with van der Waals surface area (Å²) in [5.41, 5.74) is 2.42. The van der Waals surface area contributed by atoms with Crippen LogP contribution in [0.4, 0.5) is 5.69 Å². The second-order valence-electron chi connectivity index (χ2n) is 4.00. The molecule has 0 heterocycles. The monoisotopic (exact) mass is 272 g/mol. The van der Waals surface area contributed by atoms with Gasteiger partial charge in [-0.05, 0) is 35.9 Å². The van der Waals surface area contributed by atoms with Crippen molar-refractivity contribution in [1.82, 2.24) is 0 Å². The number of nitrogens with one attached hydrogen (secondary N) is 1. The minimum absolute atomic E-state index is 0.581. The quantitative estimate of drug-likeness (QED) is 0.920. The van der Waals surface area contributed by atoms with E-state index < -0.39 is 0 Å². The van der Waals surface area contributed by atoms with Crippen LogP contribution in [0.3, 0.4) is 0 Å². The fourth-order valence-electron chi connectivity index (χ4n) is 1.70. The molecule has 0 atom stereocenters. The van der Waals surface area contributed by atoms with Gasteiger partial charge in [0.2, 0.25) is 0 Å². The molecule has 2 aromatic rings. The Hall–Kier alpha value is -2.18. The van der Waals surface area contributed by atoms with Crippen molar-refractivity contribution < 1.29 is 4.74 Å². The first kappa shape index (κ1) is 13.3. The van der Waals surface area contributed by atoms with Gasteiger partial charge in [0.25, 0.3) is 0 Å². The minimum Gasteiger partial charge on any atom is -0.497 e. The van der Waals surface area contributed by atoms with E-state index in [-0.39, 0.29) is 0 Å². The highest BCUT2D eigenvalue weighted by atomic mass is 35.5. The van der Waals surface area contributed by atoms with Gasteiger partial charge in [0.15, 0.2) is 0 Å². The van der Waals surface area contributed by atoms with E-state index in [0.717, 1.165) is 17.0 Å². The van der Waals surface area contributed by atoms with Gasteiger partial charge in [-0.15, -0.1) is 0 Å². The third kappa shape index (κ3) is 3.40. The number of nitrogens with zero attached hydrogens (tertiary/aromatic N) is 1. The zero-order valence-electron chi connectivity index (χ0n) is 10.5. The van der Waals surface area contributed by atoms with Crippen LogP contribution in [0.25, 0.3) is 0 Å². The molecule has 2 rings (SSSR count). The lowest BCUT2D eigenvalue weighted by molar-refractivity contribution is 0.414. The number of anilines is 1. The van der Waals surface area contributed by atoms with Crippen molar-refractivity contribution in [3.63, 3.8) is 0 Å².